The summed E-state index contributed by atoms with van der Waals surface area (Å²) in [5.74, 6) is 1.05. The Morgan fingerprint density at radius 1 is 0.867 bits per heavy atom. The molecule has 4 N–H and O–H groups in total. The number of anilines is 4. The number of nitrogens with one attached hydrogen (secondary N) is 1. The lowest BCUT2D eigenvalue weighted by molar-refractivity contribution is -0.120. The van der Waals surface area contributed by atoms with E-state index in [0.29, 0.717) is 61.2 Å². The predicted molar refractivity (Wildman–Crippen MR) is 234 cm³/mol. The minimum Gasteiger partial charge on any atom is -0.507 e. The van der Waals surface area contributed by atoms with E-state index in [1.54, 1.807) is 17.0 Å². The molecule has 13 nitrogen and oxygen atoms in total. The molecule has 5 aromatic rings. The zero-order valence-electron chi connectivity index (χ0n) is 34.4. The molecule has 1 spiro atoms. The number of para-hydroxylation sites is 1. The molecule has 10 rings (SSSR count). The number of benzene rings is 3. The molecule has 13 heteroatoms. The summed E-state index contributed by atoms with van der Waals surface area (Å²) in [4.78, 5) is 33.7. The number of phenols is 1. The number of aromatic nitrogens is 3. The first kappa shape index (κ1) is 38.5. The van der Waals surface area contributed by atoms with Crippen LogP contribution >= 0.6 is 0 Å². The van der Waals surface area contributed by atoms with E-state index in [-0.39, 0.29) is 23.8 Å². The van der Waals surface area contributed by atoms with Crippen LogP contribution in [0.4, 0.5) is 27.7 Å². The highest BCUT2D eigenvalue weighted by atomic mass is 16.5. The molecule has 0 radical (unpaired) electrons. The Hall–Kier alpha value is -5.66. The summed E-state index contributed by atoms with van der Waals surface area (Å²) in [6.45, 7) is 10.3. The minimum absolute atomic E-state index is 0.0921. The van der Waals surface area contributed by atoms with Gasteiger partial charge in [-0.15, -0.1) is 10.2 Å². The summed E-state index contributed by atoms with van der Waals surface area (Å²) in [5, 5.41) is 22.4. The molecule has 4 aliphatic heterocycles. The number of likely N-dealkylation sites (tertiary alicyclic amines) is 1. The number of piperidine rings is 2. The van der Waals surface area contributed by atoms with Crippen molar-refractivity contribution in [2.75, 3.05) is 79.4 Å². The summed E-state index contributed by atoms with van der Waals surface area (Å²) in [5.41, 5.74) is 14.5. The van der Waals surface area contributed by atoms with Crippen LogP contribution in [0.25, 0.3) is 22.2 Å². The molecule has 2 aromatic heterocycles. The van der Waals surface area contributed by atoms with Gasteiger partial charge in [0.1, 0.15) is 11.9 Å². The number of fused-ring (bicyclic) bond motifs is 1. The van der Waals surface area contributed by atoms with Gasteiger partial charge < -0.3 is 34.8 Å². The SMILES string of the molecule is Cc1cc2c(N3CCC(=O)NC3=O)cccc2n1C1CC2(CCN(CC3CCN(c4ccc([C@@H]5CN(c6cc(-c7ccccc7O)nnc6N)CCO5)cc4)CC3)CC2)C1. The fourth-order valence-corrected chi connectivity index (χ4v) is 10.8. The van der Waals surface area contributed by atoms with E-state index < -0.39 is 0 Å². The standard InChI is InChI=1S/C47H55N9O4/c1-31-25-37-39(55-20-15-44(58)49-46(55)59)6-4-7-40(37)56(31)35-27-47(28-35)16-21-52(22-17-47)29-32-13-18-53(19-14-32)34-11-9-33(10-12-34)43-30-54(23-24-60-43)41-26-38(50-51-45(41)48)36-5-2-3-8-42(36)57/h2-12,25-26,32,35,43,57H,13-24,27-30H2,1H3,(H2,48,51)(H,49,58,59)/t43-/m0/s1. The molecule has 1 saturated carbocycles. The molecule has 0 bridgehead atoms. The van der Waals surface area contributed by atoms with E-state index in [9.17, 15) is 14.7 Å². The first-order chi connectivity index (χ1) is 29.2. The maximum Gasteiger partial charge on any atom is 0.328 e. The Morgan fingerprint density at radius 3 is 2.42 bits per heavy atom. The van der Waals surface area contributed by atoms with Crippen molar-refractivity contribution in [3.63, 3.8) is 0 Å². The number of hydrogen-bond acceptors (Lipinski definition) is 10. The zero-order valence-corrected chi connectivity index (χ0v) is 34.4. The van der Waals surface area contributed by atoms with Crippen LogP contribution in [0, 0.1) is 18.3 Å². The van der Waals surface area contributed by atoms with Crippen molar-refractivity contribution in [1.29, 1.82) is 0 Å². The maximum absolute atomic E-state index is 12.7. The highest BCUT2D eigenvalue weighted by Crippen LogP contribution is 2.56. The average molecular weight is 810 g/mol. The van der Waals surface area contributed by atoms with Gasteiger partial charge in [0.2, 0.25) is 5.91 Å². The van der Waals surface area contributed by atoms with Crippen LogP contribution in [0.2, 0.25) is 0 Å². The van der Waals surface area contributed by atoms with Gasteiger partial charge in [0, 0.05) is 74.1 Å². The lowest BCUT2D eigenvalue weighted by Gasteiger charge is -2.53. The number of morpholine rings is 1. The van der Waals surface area contributed by atoms with Crippen molar-refractivity contribution in [2.45, 2.75) is 64.0 Å². The second kappa shape index (κ2) is 15.7. The van der Waals surface area contributed by atoms with Crippen LogP contribution in [-0.4, -0.2) is 95.7 Å². The number of aryl methyl sites for hydroxylation is 1. The van der Waals surface area contributed by atoms with Crippen molar-refractivity contribution in [2.24, 2.45) is 11.3 Å². The van der Waals surface area contributed by atoms with Gasteiger partial charge >= 0.3 is 6.03 Å². The number of rotatable bonds is 8. The van der Waals surface area contributed by atoms with Gasteiger partial charge in [-0.05, 0) is 124 Å². The molecule has 3 amide bonds. The average Bonchev–Trinajstić information content (AvgIpc) is 3.59. The second-order valence-corrected chi connectivity index (χ2v) is 17.8. The van der Waals surface area contributed by atoms with E-state index in [1.807, 2.05) is 30.3 Å². The van der Waals surface area contributed by atoms with E-state index in [1.165, 1.54) is 75.1 Å². The number of nitrogen functional groups attached to an aromatic ring is 1. The summed E-state index contributed by atoms with van der Waals surface area (Å²) in [6, 6.07) is 26.6. The lowest BCUT2D eigenvalue weighted by atomic mass is 9.60. The number of urea groups is 1. The summed E-state index contributed by atoms with van der Waals surface area (Å²) in [6.07, 6.45) is 7.65. The summed E-state index contributed by atoms with van der Waals surface area (Å²) >= 11 is 0. The number of nitrogens with zero attached hydrogens (tertiary/aromatic N) is 7. The molecule has 5 fully saturated rings. The summed E-state index contributed by atoms with van der Waals surface area (Å²) in [7, 11) is 0. The van der Waals surface area contributed by atoms with Gasteiger partial charge in [-0.1, -0.05) is 30.3 Å². The number of imide groups is 1. The van der Waals surface area contributed by atoms with Crippen molar-refractivity contribution in [1.82, 2.24) is 25.0 Å². The molecule has 1 aliphatic carbocycles. The minimum atomic E-state index is -0.330. The Morgan fingerprint density at radius 2 is 1.65 bits per heavy atom. The molecule has 4 saturated heterocycles. The monoisotopic (exact) mass is 809 g/mol. The molecular weight excluding hydrogens is 755 g/mol. The Bertz CT molecular complexity index is 2390. The van der Waals surface area contributed by atoms with Gasteiger partial charge in [0.05, 0.1) is 29.2 Å². The van der Waals surface area contributed by atoms with Crippen LogP contribution < -0.4 is 25.8 Å². The summed E-state index contributed by atoms with van der Waals surface area (Å²) < 4.78 is 8.77. The largest absolute Gasteiger partial charge is 0.507 e. The van der Waals surface area contributed by atoms with Crippen LogP contribution in [0.3, 0.4) is 0 Å². The van der Waals surface area contributed by atoms with Crippen LogP contribution in [0.1, 0.15) is 68.3 Å². The third-order valence-corrected chi connectivity index (χ3v) is 14.2. The van der Waals surface area contributed by atoms with Gasteiger partial charge in [0.15, 0.2) is 5.82 Å². The van der Waals surface area contributed by atoms with Gasteiger partial charge in [-0.3, -0.25) is 15.0 Å². The quantitative estimate of drug-likeness (QED) is 0.149. The number of amides is 3. The van der Waals surface area contributed by atoms with Crippen LogP contribution in [0.5, 0.6) is 5.75 Å². The molecule has 5 aliphatic rings. The van der Waals surface area contributed by atoms with Crippen molar-refractivity contribution < 1.29 is 19.4 Å². The zero-order chi connectivity index (χ0) is 41.0. The molecule has 1 atom stereocenters. The predicted octanol–water partition coefficient (Wildman–Crippen LogP) is 7.05. The first-order valence-electron chi connectivity index (χ1n) is 21.8. The fraction of sp³-hybridized carbons (Fsp3) is 0.447. The third-order valence-electron chi connectivity index (χ3n) is 14.2. The lowest BCUT2D eigenvalue weighted by Crippen LogP contribution is -2.49. The Balaban J connectivity index is 0.697. The molecule has 312 valence electrons. The van der Waals surface area contributed by atoms with Crippen LogP contribution in [0.15, 0.2) is 78.9 Å². The highest BCUT2D eigenvalue weighted by molar-refractivity contribution is 6.09. The van der Waals surface area contributed by atoms with Crippen molar-refractivity contribution in [3.8, 4) is 17.0 Å². The number of hydrogen-bond donors (Lipinski definition) is 3. The fourth-order valence-electron chi connectivity index (χ4n) is 10.8. The van der Waals surface area contributed by atoms with Crippen molar-refractivity contribution >= 4 is 45.7 Å². The van der Waals surface area contributed by atoms with Crippen molar-refractivity contribution in [3.05, 3.63) is 90.1 Å². The normalized spacial score (nSPS) is 21.8. The molecule has 0 unspecified atom stereocenters. The number of ether oxygens (including phenoxy) is 1. The topological polar surface area (TPSA) is 145 Å². The number of carbonyl (C=O) groups excluding carboxylic acids is 2. The Kier molecular flexibility index (Phi) is 10.1. The molecular formula is C47H55N9O4. The molecule has 60 heavy (non-hydrogen) atoms. The Labute approximate surface area is 351 Å². The van der Waals surface area contributed by atoms with Gasteiger partial charge in [0.25, 0.3) is 0 Å². The van der Waals surface area contributed by atoms with Gasteiger partial charge in [-0.2, -0.15) is 0 Å². The molecule has 3 aromatic carbocycles. The van der Waals surface area contributed by atoms with Gasteiger partial charge in [-0.25, -0.2) is 4.79 Å². The highest BCUT2D eigenvalue weighted by Gasteiger charge is 2.47. The van der Waals surface area contributed by atoms with E-state index >= 15 is 0 Å². The number of phenolic OH excluding ortho intramolecular Hbond substituents is 1. The smallest absolute Gasteiger partial charge is 0.328 e. The van der Waals surface area contributed by atoms with E-state index in [4.69, 9.17) is 10.5 Å². The number of nitrogens with two attached hydrogens (primary N) is 1. The third kappa shape index (κ3) is 7.31. The van der Waals surface area contributed by atoms with E-state index in [2.05, 4.69) is 78.1 Å². The van der Waals surface area contributed by atoms with Crippen LogP contribution in [-0.2, 0) is 9.53 Å². The maximum atomic E-state index is 12.7. The first-order valence-corrected chi connectivity index (χ1v) is 21.8. The second-order valence-electron chi connectivity index (χ2n) is 17.8. The molecule has 6 heterocycles. The van der Waals surface area contributed by atoms with E-state index in [0.717, 1.165) is 41.3 Å². The number of aromatic hydroxyl groups is 1. The number of carbonyl (C=O) groups is 2.